The summed E-state index contributed by atoms with van der Waals surface area (Å²) in [7, 11) is 0. The molecule has 0 radical (unpaired) electrons. The van der Waals surface area contributed by atoms with Crippen molar-refractivity contribution in [2.75, 3.05) is 32.1 Å². The van der Waals surface area contributed by atoms with Crippen LogP contribution < -0.4 is 15.8 Å². The molecule has 1 aromatic heterocycles. The van der Waals surface area contributed by atoms with Gasteiger partial charge in [-0.25, -0.2) is 9.97 Å². The number of halogens is 2. The Hall–Kier alpha value is -1.78. The van der Waals surface area contributed by atoms with Crippen LogP contribution >= 0.6 is 35.0 Å². The van der Waals surface area contributed by atoms with Crippen LogP contribution in [0, 0.1) is 0 Å². The molecule has 8 nitrogen and oxygen atoms in total. The molecule has 2 heterocycles. The predicted octanol–water partition coefficient (Wildman–Crippen LogP) is 3.96. The van der Waals surface area contributed by atoms with Crippen molar-refractivity contribution in [3.8, 4) is 17.0 Å². The second-order valence-corrected chi connectivity index (χ2v) is 8.84. The maximum Gasteiger partial charge on any atom is 0.233 e. The lowest BCUT2D eigenvalue weighted by Crippen LogP contribution is -2.32. The van der Waals surface area contributed by atoms with E-state index in [1.807, 2.05) is 20.8 Å². The van der Waals surface area contributed by atoms with Gasteiger partial charge in [-0.2, -0.15) is 0 Å². The van der Waals surface area contributed by atoms with E-state index >= 15 is 0 Å². The van der Waals surface area contributed by atoms with Gasteiger partial charge in [-0.3, -0.25) is 4.79 Å². The molecule has 0 aliphatic carbocycles. The third kappa shape index (κ3) is 5.77. The van der Waals surface area contributed by atoms with Crippen molar-refractivity contribution in [3.05, 3.63) is 27.7 Å². The predicted molar refractivity (Wildman–Crippen MR) is 126 cm³/mol. The number of aromatic nitrogens is 2. The number of benzene rings is 1. The van der Waals surface area contributed by atoms with E-state index < -0.39 is 6.29 Å². The van der Waals surface area contributed by atoms with Crippen molar-refractivity contribution >= 4 is 46.8 Å². The Morgan fingerprint density at radius 3 is 2.59 bits per heavy atom. The van der Waals surface area contributed by atoms with Crippen molar-refractivity contribution in [2.24, 2.45) is 0 Å². The zero-order valence-corrected chi connectivity index (χ0v) is 20.4. The third-order valence-corrected chi connectivity index (χ3v) is 6.46. The number of hydrogen-bond donors (Lipinski definition) is 2. The van der Waals surface area contributed by atoms with E-state index in [-0.39, 0.29) is 23.7 Å². The highest BCUT2D eigenvalue weighted by atomic mass is 35.5. The van der Waals surface area contributed by atoms with Gasteiger partial charge in [0.1, 0.15) is 17.4 Å². The zero-order chi connectivity index (χ0) is 23.3. The quantitative estimate of drug-likeness (QED) is 0.372. The molecule has 0 bridgehead atoms. The smallest absolute Gasteiger partial charge is 0.233 e. The molecule has 1 atom stereocenters. The summed E-state index contributed by atoms with van der Waals surface area (Å²) in [6.07, 6.45) is -0.0544. The number of nitrogens with one attached hydrogen (secondary N) is 1. The number of hydrogen-bond acceptors (Lipinski definition) is 8. The summed E-state index contributed by atoms with van der Waals surface area (Å²) >= 11 is 14.3. The summed E-state index contributed by atoms with van der Waals surface area (Å²) < 4.78 is 16.9. The molecule has 1 amide bonds. The molecule has 32 heavy (non-hydrogen) atoms. The molecule has 0 spiro atoms. The minimum atomic E-state index is -0.520. The molecular weight excluding hydrogens is 475 g/mol. The van der Waals surface area contributed by atoms with E-state index in [4.69, 9.17) is 43.1 Å². The topological polar surface area (TPSA) is 109 Å². The molecule has 3 N–H and O–H groups in total. The van der Waals surface area contributed by atoms with Crippen LogP contribution in [0.2, 0.25) is 10.0 Å². The number of nitrogens with two attached hydrogens (primary N) is 1. The van der Waals surface area contributed by atoms with Crippen LogP contribution in [-0.2, 0) is 20.7 Å². The number of rotatable bonds is 10. The van der Waals surface area contributed by atoms with Crippen LogP contribution in [-0.4, -0.2) is 53.8 Å². The van der Waals surface area contributed by atoms with Crippen LogP contribution in [0.3, 0.4) is 0 Å². The van der Waals surface area contributed by atoms with Crippen LogP contribution in [0.25, 0.3) is 11.3 Å². The van der Waals surface area contributed by atoms with Crippen molar-refractivity contribution in [1.29, 1.82) is 0 Å². The lowest BCUT2D eigenvalue weighted by atomic mass is 10.0. The van der Waals surface area contributed by atoms with Crippen LogP contribution in [0.15, 0.2) is 17.2 Å². The van der Waals surface area contributed by atoms with E-state index in [0.29, 0.717) is 58.3 Å². The first kappa shape index (κ1) is 24.9. The number of thioether (sulfide) groups is 1. The second kappa shape index (κ2) is 11.4. The molecule has 2 aromatic rings. The fraction of sp³-hybridized carbons (Fsp3) is 0.476. The minimum absolute atomic E-state index is 0.0517. The first-order valence-electron chi connectivity index (χ1n) is 10.3. The molecule has 0 fully saturated rings. The maximum atomic E-state index is 12.4. The van der Waals surface area contributed by atoms with Gasteiger partial charge >= 0.3 is 0 Å². The Morgan fingerprint density at radius 2 is 1.94 bits per heavy atom. The van der Waals surface area contributed by atoms with Crippen molar-refractivity contribution < 1.29 is 19.0 Å². The number of ether oxygens (including phenoxy) is 3. The Kier molecular flexibility index (Phi) is 8.84. The molecule has 174 valence electrons. The zero-order valence-electron chi connectivity index (χ0n) is 18.1. The van der Waals surface area contributed by atoms with Gasteiger partial charge in [0.05, 0.1) is 21.0 Å². The van der Waals surface area contributed by atoms with E-state index in [1.165, 1.54) is 11.8 Å². The van der Waals surface area contributed by atoms with Crippen molar-refractivity contribution in [3.63, 3.8) is 0 Å². The van der Waals surface area contributed by atoms with E-state index in [9.17, 15) is 4.79 Å². The fourth-order valence-electron chi connectivity index (χ4n) is 3.28. The summed E-state index contributed by atoms with van der Waals surface area (Å²) in [6, 6.07) is 3.31. The number of amides is 1. The molecule has 3 rings (SSSR count). The normalized spacial score (nSPS) is 15.1. The molecule has 11 heteroatoms. The van der Waals surface area contributed by atoms with Gasteiger partial charge in [-0.1, -0.05) is 35.0 Å². The van der Waals surface area contributed by atoms with Crippen molar-refractivity contribution in [2.45, 2.75) is 43.8 Å². The average molecular weight is 501 g/mol. The average Bonchev–Trinajstić information content (AvgIpc) is 3.17. The van der Waals surface area contributed by atoms with E-state index in [0.717, 1.165) is 5.56 Å². The van der Waals surface area contributed by atoms with Gasteiger partial charge in [0.25, 0.3) is 0 Å². The van der Waals surface area contributed by atoms with E-state index in [2.05, 4.69) is 15.3 Å². The second-order valence-electron chi connectivity index (χ2n) is 6.83. The number of carbonyl (C=O) groups excluding carboxylic acids is 1. The van der Waals surface area contributed by atoms with Gasteiger partial charge in [-0.15, -0.1) is 0 Å². The number of nitrogens with zero attached hydrogens (tertiary/aromatic N) is 2. The number of anilines is 1. The van der Waals surface area contributed by atoms with Gasteiger partial charge in [0.15, 0.2) is 6.29 Å². The van der Waals surface area contributed by atoms with Gasteiger partial charge in [-0.05, 0) is 39.3 Å². The van der Waals surface area contributed by atoms with Gasteiger partial charge in [0, 0.05) is 30.9 Å². The lowest BCUT2D eigenvalue weighted by molar-refractivity contribution is -0.152. The molecule has 0 saturated heterocycles. The molecular formula is C21H26Cl2N4O4S. The van der Waals surface area contributed by atoms with Crippen LogP contribution in [0.4, 0.5) is 5.95 Å². The lowest BCUT2D eigenvalue weighted by Gasteiger charge is -2.19. The fourth-order valence-corrected chi connectivity index (χ4v) is 4.98. The SMILES string of the molecule is CCNC(=O)C1Cc2c(nc(N)nc2-c2cc(OCC(OCC)OCC)c(Cl)cc2Cl)S1. The largest absolute Gasteiger partial charge is 0.487 e. The highest BCUT2D eigenvalue weighted by Gasteiger charge is 2.33. The highest BCUT2D eigenvalue weighted by molar-refractivity contribution is 8.00. The monoisotopic (exact) mass is 500 g/mol. The Bertz CT molecular complexity index is 973. The minimum Gasteiger partial charge on any atom is -0.487 e. The van der Waals surface area contributed by atoms with Crippen LogP contribution in [0.1, 0.15) is 26.3 Å². The maximum absolute atomic E-state index is 12.4. The Balaban J connectivity index is 1.92. The summed E-state index contributed by atoms with van der Waals surface area (Å²) in [4.78, 5) is 21.1. The summed E-state index contributed by atoms with van der Waals surface area (Å²) in [5, 5.41) is 3.95. The van der Waals surface area contributed by atoms with Crippen LogP contribution in [0.5, 0.6) is 5.75 Å². The van der Waals surface area contributed by atoms with Gasteiger partial charge in [0.2, 0.25) is 11.9 Å². The number of fused-ring (bicyclic) bond motifs is 1. The molecule has 1 unspecified atom stereocenters. The molecule has 1 aliphatic heterocycles. The summed E-state index contributed by atoms with van der Waals surface area (Å²) in [5.74, 6) is 0.459. The summed E-state index contributed by atoms with van der Waals surface area (Å²) in [5.41, 5.74) is 7.93. The van der Waals surface area contributed by atoms with E-state index in [1.54, 1.807) is 12.1 Å². The first-order chi connectivity index (χ1) is 15.4. The van der Waals surface area contributed by atoms with Gasteiger partial charge < -0.3 is 25.3 Å². The Morgan fingerprint density at radius 1 is 1.22 bits per heavy atom. The summed E-state index contributed by atoms with van der Waals surface area (Å²) in [6.45, 7) is 7.33. The number of carbonyl (C=O) groups is 1. The number of nitrogen functional groups attached to an aromatic ring is 1. The molecule has 1 aliphatic rings. The Labute approximate surface area is 201 Å². The highest BCUT2D eigenvalue weighted by Crippen LogP contribution is 2.44. The molecule has 1 aromatic carbocycles. The first-order valence-corrected chi connectivity index (χ1v) is 12.0. The van der Waals surface area contributed by atoms with Crippen molar-refractivity contribution in [1.82, 2.24) is 15.3 Å². The molecule has 0 saturated carbocycles. The standard InChI is InChI=1S/C21H26Cl2N4O4S/c1-4-25-19(28)16-8-12-18(26-21(24)27-20(12)32-16)11-7-15(14(23)9-13(11)22)31-10-17(29-5-2)30-6-3/h7,9,16-17H,4-6,8,10H2,1-3H3,(H,25,28)(H2,24,26,27). The third-order valence-electron chi connectivity index (χ3n) is 4.63.